The molecule has 2 rings (SSSR count). The number of ether oxygens (including phenoxy) is 1. The lowest BCUT2D eigenvalue weighted by Crippen LogP contribution is -2.47. The number of carbonyl (C=O) groups excluding carboxylic acids is 1. The lowest BCUT2D eigenvalue weighted by atomic mass is 9.84. The van der Waals surface area contributed by atoms with Crippen molar-refractivity contribution in [2.75, 3.05) is 4.90 Å². The summed E-state index contributed by atoms with van der Waals surface area (Å²) in [7, 11) is 0. The topological polar surface area (TPSA) is 72.7 Å². The van der Waals surface area contributed by atoms with Gasteiger partial charge in [-0.3, -0.25) is 15.0 Å². The van der Waals surface area contributed by atoms with Crippen molar-refractivity contribution in [3.63, 3.8) is 0 Å². The van der Waals surface area contributed by atoms with Gasteiger partial charge >= 0.3 is 6.09 Å². The number of non-ortho nitro benzene ring substituents is 1. The van der Waals surface area contributed by atoms with E-state index < -0.39 is 16.6 Å². The summed E-state index contributed by atoms with van der Waals surface area (Å²) < 4.78 is 5.53. The van der Waals surface area contributed by atoms with E-state index in [-0.39, 0.29) is 17.1 Å². The van der Waals surface area contributed by atoms with Crippen molar-refractivity contribution < 1.29 is 14.5 Å². The van der Waals surface area contributed by atoms with Crippen molar-refractivity contribution >= 4 is 17.5 Å². The van der Waals surface area contributed by atoms with Gasteiger partial charge in [0.15, 0.2) is 0 Å². The number of nitro groups is 1. The van der Waals surface area contributed by atoms with Gasteiger partial charge in [-0.05, 0) is 44.2 Å². The van der Waals surface area contributed by atoms with Crippen LogP contribution < -0.4 is 4.90 Å². The van der Waals surface area contributed by atoms with Gasteiger partial charge in [-0.1, -0.05) is 20.8 Å². The van der Waals surface area contributed by atoms with Gasteiger partial charge in [0.05, 0.1) is 10.6 Å². The lowest BCUT2D eigenvalue weighted by Gasteiger charge is -2.36. The predicted molar refractivity (Wildman–Crippen MR) is 88.8 cm³/mol. The highest BCUT2D eigenvalue weighted by atomic mass is 16.6. The Kier molecular flexibility index (Phi) is 4.13. The summed E-state index contributed by atoms with van der Waals surface area (Å²) in [5, 5.41) is 11.0. The third-order valence-corrected chi connectivity index (χ3v) is 3.85. The molecule has 0 aromatic heterocycles. The van der Waals surface area contributed by atoms with Crippen LogP contribution in [0.4, 0.5) is 16.2 Å². The number of rotatable bonds is 1. The molecule has 0 N–H and O–H groups in total. The molecule has 0 bridgehead atoms. The van der Waals surface area contributed by atoms with Crippen LogP contribution in [0.3, 0.4) is 0 Å². The third-order valence-electron chi connectivity index (χ3n) is 3.85. The molecule has 1 aromatic rings. The van der Waals surface area contributed by atoms with Crippen molar-refractivity contribution in [2.45, 2.75) is 59.6 Å². The minimum Gasteiger partial charge on any atom is -0.443 e. The summed E-state index contributed by atoms with van der Waals surface area (Å²) in [6.07, 6.45) is 0.171. The molecule has 0 aliphatic carbocycles. The fraction of sp³-hybridized carbons (Fsp3) is 0.588. The van der Waals surface area contributed by atoms with Crippen molar-refractivity contribution in [2.24, 2.45) is 5.41 Å². The largest absolute Gasteiger partial charge is 0.443 e. The van der Waals surface area contributed by atoms with E-state index in [2.05, 4.69) is 20.8 Å². The quantitative estimate of drug-likeness (QED) is 0.571. The SMILES string of the molecule is CC(C)(C)OC(=O)N1c2ccc([N+](=O)[O-])cc2C[C@H]1C(C)(C)C. The molecule has 1 aliphatic rings. The van der Waals surface area contributed by atoms with Crippen LogP contribution in [-0.2, 0) is 11.2 Å². The zero-order valence-corrected chi connectivity index (χ0v) is 14.5. The number of benzene rings is 1. The zero-order valence-electron chi connectivity index (χ0n) is 14.5. The summed E-state index contributed by atoms with van der Waals surface area (Å²) >= 11 is 0. The fourth-order valence-electron chi connectivity index (χ4n) is 2.78. The van der Waals surface area contributed by atoms with E-state index >= 15 is 0 Å². The fourth-order valence-corrected chi connectivity index (χ4v) is 2.78. The number of anilines is 1. The molecular weight excluding hydrogens is 296 g/mol. The van der Waals surface area contributed by atoms with Gasteiger partial charge in [-0.15, -0.1) is 0 Å². The maximum absolute atomic E-state index is 12.7. The maximum atomic E-state index is 12.7. The van der Waals surface area contributed by atoms with Crippen LogP contribution in [0.25, 0.3) is 0 Å². The van der Waals surface area contributed by atoms with E-state index in [9.17, 15) is 14.9 Å². The van der Waals surface area contributed by atoms with Crippen molar-refractivity contribution in [1.29, 1.82) is 0 Å². The molecule has 1 aliphatic heterocycles. The molecule has 23 heavy (non-hydrogen) atoms. The van der Waals surface area contributed by atoms with Gasteiger partial charge in [-0.2, -0.15) is 0 Å². The Labute approximate surface area is 136 Å². The van der Waals surface area contributed by atoms with E-state index in [1.807, 2.05) is 20.8 Å². The first-order valence-corrected chi connectivity index (χ1v) is 7.70. The summed E-state index contributed by atoms with van der Waals surface area (Å²) in [6.45, 7) is 11.6. The minimum absolute atomic E-state index is 0.0439. The Bertz CT molecular complexity index is 641. The van der Waals surface area contributed by atoms with E-state index in [1.165, 1.54) is 6.07 Å². The van der Waals surface area contributed by atoms with Crippen LogP contribution >= 0.6 is 0 Å². The molecule has 6 nitrogen and oxygen atoms in total. The Morgan fingerprint density at radius 2 is 1.87 bits per heavy atom. The second-order valence-electron chi connectivity index (χ2n) is 8.01. The number of carbonyl (C=O) groups is 1. The second-order valence-corrected chi connectivity index (χ2v) is 8.01. The zero-order chi connectivity index (χ0) is 17.6. The highest BCUT2D eigenvalue weighted by Crippen LogP contribution is 2.41. The number of fused-ring (bicyclic) bond motifs is 1. The Balaban J connectivity index is 2.45. The first-order valence-electron chi connectivity index (χ1n) is 7.70. The van der Waals surface area contributed by atoms with E-state index in [1.54, 1.807) is 17.0 Å². The van der Waals surface area contributed by atoms with Crippen LogP contribution in [0.15, 0.2) is 18.2 Å². The van der Waals surface area contributed by atoms with Crippen molar-refractivity contribution in [3.8, 4) is 0 Å². The number of amides is 1. The molecule has 1 amide bonds. The van der Waals surface area contributed by atoms with Crippen molar-refractivity contribution in [3.05, 3.63) is 33.9 Å². The second kappa shape index (κ2) is 5.51. The van der Waals surface area contributed by atoms with Gasteiger partial charge in [0.2, 0.25) is 0 Å². The molecular formula is C17H24N2O4. The van der Waals surface area contributed by atoms with Gasteiger partial charge in [0.1, 0.15) is 5.60 Å². The number of hydrogen-bond acceptors (Lipinski definition) is 4. The Morgan fingerprint density at radius 1 is 1.26 bits per heavy atom. The molecule has 0 radical (unpaired) electrons. The van der Waals surface area contributed by atoms with Crippen LogP contribution in [-0.4, -0.2) is 22.7 Å². The smallest absolute Gasteiger partial charge is 0.415 e. The normalized spacial score (nSPS) is 17.8. The summed E-state index contributed by atoms with van der Waals surface area (Å²) in [5.41, 5.74) is 0.783. The molecule has 1 heterocycles. The molecule has 0 saturated carbocycles. The minimum atomic E-state index is -0.594. The predicted octanol–water partition coefficient (Wildman–Crippen LogP) is 4.31. The van der Waals surface area contributed by atoms with E-state index in [4.69, 9.17) is 4.74 Å². The Morgan fingerprint density at radius 3 is 2.35 bits per heavy atom. The van der Waals surface area contributed by atoms with Crippen LogP contribution in [0.2, 0.25) is 0 Å². The van der Waals surface area contributed by atoms with E-state index in [0.717, 1.165) is 5.56 Å². The van der Waals surface area contributed by atoms with Crippen LogP contribution in [0.5, 0.6) is 0 Å². The highest BCUT2D eigenvalue weighted by molar-refractivity contribution is 5.92. The molecule has 0 unspecified atom stereocenters. The number of hydrogen-bond donors (Lipinski definition) is 0. The van der Waals surface area contributed by atoms with Gasteiger partial charge in [0, 0.05) is 18.2 Å². The maximum Gasteiger partial charge on any atom is 0.415 e. The van der Waals surface area contributed by atoms with Gasteiger partial charge in [0.25, 0.3) is 5.69 Å². The van der Waals surface area contributed by atoms with E-state index in [0.29, 0.717) is 12.1 Å². The highest BCUT2D eigenvalue weighted by Gasteiger charge is 2.42. The third kappa shape index (κ3) is 3.63. The lowest BCUT2D eigenvalue weighted by molar-refractivity contribution is -0.384. The number of nitro benzene ring substituents is 1. The average molecular weight is 320 g/mol. The first kappa shape index (κ1) is 17.2. The van der Waals surface area contributed by atoms with Crippen LogP contribution in [0.1, 0.15) is 47.1 Å². The number of nitrogens with zero attached hydrogens (tertiary/aromatic N) is 2. The molecule has 0 fully saturated rings. The molecule has 0 spiro atoms. The first-order chi connectivity index (χ1) is 10.4. The monoisotopic (exact) mass is 320 g/mol. The molecule has 1 atom stereocenters. The van der Waals surface area contributed by atoms with Gasteiger partial charge < -0.3 is 4.74 Å². The molecule has 0 saturated heterocycles. The van der Waals surface area contributed by atoms with Gasteiger partial charge in [-0.25, -0.2) is 4.79 Å². The van der Waals surface area contributed by atoms with Crippen LogP contribution in [0, 0.1) is 15.5 Å². The summed E-state index contributed by atoms with van der Waals surface area (Å²) in [4.78, 5) is 24.9. The molecule has 1 aromatic carbocycles. The summed E-state index contributed by atoms with van der Waals surface area (Å²) in [6, 6.07) is 4.53. The van der Waals surface area contributed by atoms with Crippen molar-refractivity contribution in [1.82, 2.24) is 0 Å². The summed E-state index contributed by atoms with van der Waals surface area (Å²) in [5.74, 6) is 0. The average Bonchev–Trinajstić information content (AvgIpc) is 2.74. The molecule has 6 heteroatoms. The molecule has 126 valence electrons. The standard InChI is InChI=1S/C17H24N2O4/c1-16(2,3)14-10-11-9-12(19(21)22)7-8-13(11)18(14)15(20)23-17(4,5)6/h7-9,14H,10H2,1-6H3/t14-/m0/s1. The Hall–Kier alpha value is -2.11.